The van der Waals surface area contributed by atoms with Crippen molar-refractivity contribution in [3.05, 3.63) is 46.7 Å². The second-order valence-corrected chi connectivity index (χ2v) is 5.28. The van der Waals surface area contributed by atoms with E-state index in [4.69, 9.17) is 0 Å². The summed E-state index contributed by atoms with van der Waals surface area (Å²) in [5.41, 5.74) is 1.92. The van der Waals surface area contributed by atoms with Gasteiger partial charge in [0.25, 0.3) is 5.91 Å². The average Bonchev–Trinajstić information content (AvgIpc) is 2.70. The molecule has 0 aliphatic carbocycles. The quantitative estimate of drug-likeness (QED) is 0.905. The minimum atomic E-state index is -0.189. The summed E-state index contributed by atoms with van der Waals surface area (Å²) in [5.74, 6) is -0.319. The number of aromatic nitrogens is 1. The van der Waals surface area contributed by atoms with Gasteiger partial charge >= 0.3 is 0 Å². The smallest absolute Gasteiger partial charge is 0.272 e. The average molecular weight is 336 g/mol. The first-order valence-corrected chi connectivity index (χ1v) is 6.76. The van der Waals surface area contributed by atoms with Crippen molar-refractivity contribution in [3.8, 4) is 0 Å². The Balaban J connectivity index is 2.08. The van der Waals surface area contributed by atoms with Crippen LogP contribution in [0.3, 0.4) is 0 Å². The largest absolute Gasteiger partial charge is 0.345 e. The van der Waals surface area contributed by atoms with Crippen LogP contribution in [-0.2, 0) is 11.8 Å². The molecule has 5 nitrogen and oxygen atoms in total. The lowest BCUT2D eigenvalue weighted by molar-refractivity contribution is -0.114. The molecule has 0 saturated carbocycles. The highest BCUT2D eigenvalue weighted by molar-refractivity contribution is 9.10. The molecule has 20 heavy (non-hydrogen) atoms. The zero-order valence-electron chi connectivity index (χ0n) is 11.1. The Hall–Kier alpha value is -2.08. The molecule has 0 unspecified atom stereocenters. The fourth-order valence-corrected chi connectivity index (χ4v) is 2.31. The maximum Gasteiger partial charge on any atom is 0.272 e. The molecule has 1 aromatic heterocycles. The number of amides is 2. The SMILES string of the molecule is CC(=O)Nc1ccc(NC(=O)c2cc(Br)cn2C)cc1. The number of nitrogens with one attached hydrogen (secondary N) is 2. The topological polar surface area (TPSA) is 63.1 Å². The molecule has 0 spiro atoms. The van der Waals surface area contributed by atoms with E-state index in [0.29, 0.717) is 17.1 Å². The van der Waals surface area contributed by atoms with Crippen molar-refractivity contribution in [3.63, 3.8) is 0 Å². The number of hydrogen-bond acceptors (Lipinski definition) is 2. The van der Waals surface area contributed by atoms with Gasteiger partial charge in [0.15, 0.2) is 0 Å². The van der Waals surface area contributed by atoms with Gasteiger partial charge in [-0.3, -0.25) is 9.59 Å². The number of aryl methyl sites for hydroxylation is 1. The Morgan fingerprint density at radius 3 is 2.10 bits per heavy atom. The number of halogens is 1. The molecule has 2 rings (SSSR count). The van der Waals surface area contributed by atoms with Gasteiger partial charge < -0.3 is 15.2 Å². The van der Waals surface area contributed by atoms with Gasteiger partial charge in [-0.2, -0.15) is 0 Å². The third kappa shape index (κ3) is 3.48. The van der Waals surface area contributed by atoms with E-state index in [1.54, 1.807) is 41.9 Å². The van der Waals surface area contributed by atoms with Crippen LogP contribution in [0.2, 0.25) is 0 Å². The lowest BCUT2D eigenvalue weighted by Crippen LogP contribution is -2.15. The highest BCUT2D eigenvalue weighted by atomic mass is 79.9. The first-order chi connectivity index (χ1) is 9.45. The van der Waals surface area contributed by atoms with E-state index in [-0.39, 0.29) is 11.8 Å². The Morgan fingerprint density at radius 1 is 1.10 bits per heavy atom. The number of hydrogen-bond donors (Lipinski definition) is 2. The molecule has 0 radical (unpaired) electrons. The van der Waals surface area contributed by atoms with Gasteiger partial charge in [0.2, 0.25) is 5.91 Å². The van der Waals surface area contributed by atoms with Crippen molar-refractivity contribution >= 4 is 39.1 Å². The first-order valence-electron chi connectivity index (χ1n) is 5.96. The summed E-state index contributed by atoms with van der Waals surface area (Å²) in [4.78, 5) is 23.0. The van der Waals surface area contributed by atoms with Crippen molar-refractivity contribution in [2.24, 2.45) is 7.05 Å². The zero-order valence-corrected chi connectivity index (χ0v) is 12.7. The van der Waals surface area contributed by atoms with Crippen LogP contribution in [0.25, 0.3) is 0 Å². The Labute approximate surface area is 125 Å². The van der Waals surface area contributed by atoms with E-state index in [9.17, 15) is 9.59 Å². The summed E-state index contributed by atoms with van der Waals surface area (Å²) in [6, 6.07) is 8.69. The van der Waals surface area contributed by atoms with Crippen LogP contribution in [0.15, 0.2) is 41.0 Å². The van der Waals surface area contributed by atoms with Crippen molar-refractivity contribution in [2.45, 2.75) is 6.92 Å². The molecule has 1 aromatic carbocycles. The number of carbonyl (C=O) groups excluding carboxylic acids is 2. The predicted molar refractivity (Wildman–Crippen MR) is 81.8 cm³/mol. The van der Waals surface area contributed by atoms with Crippen LogP contribution in [0.5, 0.6) is 0 Å². The minimum absolute atomic E-state index is 0.129. The molecule has 0 fully saturated rings. The zero-order chi connectivity index (χ0) is 14.7. The van der Waals surface area contributed by atoms with Gasteiger partial charge in [0.1, 0.15) is 5.69 Å². The molecule has 6 heteroatoms. The number of carbonyl (C=O) groups is 2. The van der Waals surface area contributed by atoms with Crippen molar-refractivity contribution < 1.29 is 9.59 Å². The maximum absolute atomic E-state index is 12.1. The van der Waals surface area contributed by atoms with E-state index in [1.165, 1.54) is 6.92 Å². The van der Waals surface area contributed by atoms with Crippen LogP contribution in [0.4, 0.5) is 11.4 Å². The Kier molecular flexibility index (Phi) is 4.24. The number of nitrogens with zero attached hydrogens (tertiary/aromatic N) is 1. The van der Waals surface area contributed by atoms with Gasteiger partial charge in [-0.15, -0.1) is 0 Å². The van der Waals surface area contributed by atoms with Gasteiger partial charge in [-0.25, -0.2) is 0 Å². The number of anilines is 2. The normalized spacial score (nSPS) is 10.2. The lowest BCUT2D eigenvalue weighted by atomic mass is 10.2. The molecule has 104 valence electrons. The van der Waals surface area contributed by atoms with Crippen molar-refractivity contribution in [2.75, 3.05) is 10.6 Å². The van der Waals surface area contributed by atoms with Crippen LogP contribution in [0.1, 0.15) is 17.4 Å². The molecule has 0 aliphatic rings. The number of benzene rings is 1. The van der Waals surface area contributed by atoms with Crippen molar-refractivity contribution in [1.29, 1.82) is 0 Å². The summed E-state index contributed by atoms with van der Waals surface area (Å²) in [6.07, 6.45) is 1.81. The molecule has 0 aliphatic heterocycles. The lowest BCUT2D eigenvalue weighted by Gasteiger charge is -2.07. The van der Waals surface area contributed by atoms with Gasteiger partial charge in [0, 0.05) is 36.0 Å². The van der Waals surface area contributed by atoms with E-state index in [1.807, 2.05) is 6.20 Å². The van der Waals surface area contributed by atoms with Crippen molar-refractivity contribution in [1.82, 2.24) is 4.57 Å². The highest BCUT2D eigenvalue weighted by Crippen LogP contribution is 2.17. The molecule has 2 N–H and O–H groups in total. The van der Waals surface area contributed by atoms with Crippen LogP contribution in [-0.4, -0.2) is 16.4 Å². The van der Waals surface area contributed by atoms with Gasteiger partial charge in [0.05, 0.1) is 0 Å². The highest BCUT2D eigenvalue weighted by Gasteiger charge is 2.11. The molecule has 0 atom stereocenters. The summed E-state index contributed by atoms with van der Waals surface area (Å²) in [7, 11) is 1.81. The van der Waals surface area contributed by atoms with Crippen LogP contribution < -0.4 is 10.6 Å². The second-order valence-electron chi connectivity index (χ2n) is 4.37. The maximum atomic E-state index is 12.1. The minimum Gasteiger partial charge on any atom is -0.345 e. The summed E-state index contributed by atoms with van der Waals surface area (Å²) >= 11 is 3.33. The van der Waals surface area contributed by atoms with Crippen LogP contribution >= 0.6 is 15.9 Å². The fraction of sp³-hybridized carbons (Fsp3) is 0.143. The van der Waals surface area contributed by atoms with E-state index in [0.717, 1.165) is 4.47 Å². The Bertz CT molecular complexity index is 647. The summed E-state index contributed by atoms with van der Waals surface area (Å²) in [5, 5.41) is 5.47. The second kappa shape index (κ2) is 5.92. The summed E-state index contributed by atoms with van der Waals surface area (Å²) in [6.45, 7) is 1.45. The molecular formula is C14H14BrN3O2. The molecule has 2 aromatic rings. The monoisotopic (exact) mass is 335 g/mol. The van der Waals surface area contributed by atoms with E-state index >= 15 is 0 Å². The number of rotatable bonds is 3. The molecule has 1 heterocycles. The summed E-state index contributed by atoms with van der Waals surface area (Å²) < 4.78 is 2.59. The first kappa shape index (κ1) is 14.3. The van der Waals surface area contributed by atoms with E-state index in [2.05, 4.69) is 26.6 Å². The fourth-order valence-electron chi connectivity index (χ4n) is 1.79. The predicted octanol–water partition coefficient (Wildman–Crippen LogP) is 3.00. The third-order valence-corrected chi connectivity index (χ3v) is 3.10. The molecule has 0 bridgehead atoms. The van der Waals surface area contributed by atoms with E-state index < -0.39 is 0 Å². The standard InChI is InChI=1S/C14H14BrN3O2/c1-9(19)16-11-3-5-12(6-4-11)17-14(20)13-7-10(15)8-18(13)2/h3-8H,1-2H3,(H,16,19)(H,17,20). The Morgan fingerprint density at radius 2 is 1.65 bits per heavy atom. The van der Waals surface area contributed by atoms with Gasteiger partial charge in [-0.1, -0.05) is 0 Å². The van der Waals surface area contributed by atoms with Crippen LogP contribution in [0, 0.1) is 0 Å². The van der Waals surface area contributed by atoms with Gasteiger partial charge in [-0.05, 0) is 46.3 Å². The molecule has 0 saturated heterocycles. The third-order valence-electron chi connectivity index (χ3n) is 2.67. The molecular weight excluding hydrogens is 322 g/mol. The molecule has 2 amide bonds.